The quantitative estimate of drug-likeness (QED) is 0.910. The van der Waals surface area contributed by atoms with Crippen LogP contribution in [0, 0.1) is 0 Å². The normalized spacial score (nSPS) is 16.1. The van der Waals surface area contributed by atoms with E-state index in [1.165, 1.54) is 11.3 Å². The Labute approximate surface area is 113 Å². The predicted molar refractivity (Wildman–Crippen MR) is 80.6 cm³/mol. The van der Waals surface area contributed by atoms with Gasteiger partial charge in [-0.2, -0.15) is 0 Å². The van der Waals surface area contributed by atoms with Crippen molar-refractivity contribution in [3.8, 4) is 0 Å². The van der Waals surface area contributed by atoms with Gasteiger partial charge in [-0.3, -0.25) is 4.21 Å². The SMILES string of the molecule is CC.CNCc1ccc(N2CCS(=O)CC2)cc1. The van der Waals surface area contributed by atoms with Crippen LogP contribution in [0.4, 0.5) is 5.69 Å². The summed E-state index contributed by atoms with van der Waals surface area (Å²) in [5.74, 6) is 1.61. The summed E-state index contributed by atoms with van der Waals surface area (Å²) in [4.78, 5) is 2.31. The molecule has 18 heavy (non-hydrogen) atoms. The van der Waals surface area contributed by atoms with Gasteiger partial charge in [-0.15, -0.1) is 0 Å². The van der Waals surface area contributed by atoms with Crippen LogP contribution in [0.15, 0.2) is 24.3 Å². The number of benzene rings is 1. The van der Waals surface area contributed by atoms with E-state index in [-0.39, 0.29) is 0 Å². The van der Waals surface area contributed by atoms with E-state index in [4.69, 9.17) is 0 Å². The molecule has 1 aliphatic rings. The molecule has 0 amide bonds. The second-order valence-corrected chi connectivity index (χ2v) is 5.73. The number of rotatable bonds is 3. The van der Waals surface area contributed by atoms with Crippen molar-refractivity contribution < 1.29 is 4.21 Å². The highest BCUT2D eigenvalue weighted by atomic mass is 32.2. The van der Waals surface area contributed by atoms with Gasteiger partial charge in [-0.1, -0.05) is 26.0 Å². The lowest BCUT2D eigenvalue weighted by Crippen LogP contribution is -2.37. The molecule has 0 spiro atoms. The molecule has 0 radical (unpaired) electrons. The molecule has 1 N–H and O–H groups in total. The molecule has 2 rings (SSSR count). The first-order chi connectivity index (χ1) is 8.79. The zero-order valence-corrected chi connectivity index (χ0v) is 12.4. The number of nitrogens with one attached hydrogen (secondary N) is 1. The molecule has 0 bridgehead atoms. The van der Waals surface area contributed by atoms with E-state index in [2.05, 4.69) is 34.5 Å². The fourth-order valence-corrected chi connectivity index (χ4v) is 2.98. The molecular weight excluding hydrogens is 244 g/mol. The van der Waals surface area contributed by atoms with Crippen LogP contribution in [0.2, 0.25) is 0 Å². The first-order valence-electron chi connectivity index (χ1n) is 6.63. The van der Waals surface area contributed by atoms with Crippen molar-refractivity contribution in [3.63, 3.8) is 0 Å². The van der Waals surface area contributed by atoms with Crippen LogP contribution >= 0.6 is 0 Å². The lowest BCUT2D eigenvalue weighted by Gasteiger charge is -2.28. The Balaban J connectivity index is 0.000000771. The van der Waals surface area contributed by atoms with E-state index in [0.717, 1.165) is 31.1 Å². The summed E-state index contributed by atoms with van der Waals surface area (Å²) in [6, 6.07) is 8.61. The first-order valence-corrected chi connectivity index (χ1v) is 8.12. The largest absolute Gasteiger partial charge is 0.370 e. The van der Waals surface area contributed by atoms with Crippen LogP contribution in [0.1, 0.15) is 19.4 Å². The van der Waals surface area contributed by atoms with Gasteiger partial charge in [0.25, 0.3) is 0 Å². The van der Waals surface area contributed by atoms with Crippen LogP contribution in [0.3, 0.4) is 0 Å². The summed E-state index contributed by atoms with van der Waals surface area (Å²) in [6.07, 6.45) is 0. The Morgan fingerprint density at radius 2 is 1.72 bits per heavy atom. The van der Waals surface area contributed by atoms with Crippen molar-refractivity contribution in [1.82, 2.24) is 5.32 Å². The van der Waals surface area contributed by atoms with Crippen LogP contribution < -0.4 is 10.2 Å². The molecule has 4 heteroatoms. The van der Waals surface area contributed by atoms with Gasteiger partial charge in [0.05, 0.1) is 0 Å². The standard InChI is InChI=1S/C12H18N2OS.C2H6/c1-13-10-11-2-4-12(5-3-11)14-6-8-16(15)9-7-14;1-2/h2-5,13H,6-10H2,1H3;1-2H3. The van der Waals surface area contributed by atoms with Crippen molar-refractivity contribution in [3.05, 3.63) is 29.8 Å². The highest BCUT2D eigenvalue weighted by molar-refractivity contribution is 7.85. The number of hydrogen-bond donors (Lipinski definition) is 1. The van der Waals surface area contributed by atoms with E-state index < -0.39 is 10.8 Å². The lowest BCUT2D eigenvalue weighted by atomic mass is 10.2. The fourth-order valence-electron chi connectivity index (χ4n) is 1.92. The molecule has 0 aliphatic carbocycles. The lowest BCUT2D eigenvalue weighted by molar-refractivity contribution is 0.673. The number of anilines is 1. The highest BCUT2D eigenvalue weighted by Gasteiger charge is 2.14. The van der Waals surface area contributed by atoms with Gasteiger partial charge in [0.2, 0.25) is 0 Å². The predicted octanol–water partition coefficient (Wildman–Crippen LogP) is 2.00. The molecule has 3 nitrogen and oxygen atoms in total. The van der Waals surface area contributed by atoms with E-state index in [1.54, 1.807) is 0 Å². The van der Waals surface area contributed by atoms with Gasteiger partial charge in [0.1, 0.15) is 0 Å². The van der Waals surface area contributed by atoms with Crippen LogP contribution in [-0.2, 0) is 17.3 Å². The number of nitrogens with zero attached hydrogens (tertiary/aromatic N) is 1. The van der Waals surface area contributed by atoms with Gasteiger partial charge in [0, 0.05) is 47.6 Å². The zero-order chi connectivity index (χ0) is 13.4. The van der Waals surface area contributed by atoms with Crippen molar-refractivity contribution in [2.24, 2.45) is 0 Å². The third-order valence-corrected chi connectivity index (χ3v) is 4.14. The minimum absolute atomic E-state index is 0.594. The summed E-state index contributed by atoms with van der Waals surface area (Å²) >= 11 is 0. The molecular formula is C14H24N2OS. The summed E-state index contributed by atoms with van der Waals surface area (Å²) in [6.45, 7) is 6.74. The Bertz CT molecular complexity index is 355. The van der Waals surface area contributed by atoms with E-state index in [0.29, 0.717) is 0 Å². The van der Waals surface area contributed by atoms with Crippen LogP contribution in [0.5, 0.6) is 0 Å². The molecule has 1 aromatic rings. The van der Waals surface area contributed by atoms with Gasteiger partial charge in [-0.05, 0) is 24.7 Å². The van der Waals surface area contributed by atoms with E-state index in [9.17, 15) is 4.21 Å². The smallest absolute Gasteiger partial charge is 0.0411 e. The van der Waals surface area contributed by atoms with Gasteiger partial charge in [0.15, 0.2) is 0 Å². The van der Waals surface area contributed by atoms with Crippen LogP contribution in [0.25, 0.3) is 0 Å². The highest BCUT2D eigenvalue weighted by Crippen LogP contribution is 2.17. The van der Waals surface area contributed by atoms with Gasteiger partial charge >= 0.3 is 0 Å². The molecule has 1 saturated heterocycles. The zero-order valence-electron chi connectivity index (χ0n) is 11.6. The van der Waals surface area contributed by atoms with Crippen molar-refractivity contribution in [2.75, 3.05) is 36.5 Å². The van der Waals surface area contributed by atoms with Crippen molar-refractivity contribution >= 4 is 16.5 Å². The minimum Gasteiger partial charge on any atom is -0.370 e. The first kappa shape index (κ1) is 15.2. The summed E-state index contributed by atoms with van der Waals surface area (Å²) in [5.41, 5.74) is 2.54. The van der Waals surface area contributed by atoms with Gasteiger partial charge in [-0.25, -0.2) is 0 Å². The minimum atomic E-state index is -0.594. The average molecular weight is 268 g/mol. The molecule has 0 saturated carbocycles. The molecule has 0 aromatic heterocycles. The third kappa shape index (κ3) is 4.42. The Morgan fingerprint density at radius 1 is 1.17 bits per heavy atom. The maximum absolute atomic E-state index is 11.3. The maximum atomic E-state index is 11.3. The summed E-state index contributed by atoms with van der Waals surface area (Å²) < 4.78 is 11.3. The molecule has 1 aromatic carbocycles. The van der Waals surface area contributed by atoms with Crippen molar-refractivity contribution in [1.29, 1.82) is 0 Å². The molecule has 1 aliphatic heterocycles. The topological polar surface area (TPSA) is 32.3 Å². The van der Waals surface area contributed by atoms with Crippen LogP contribution in [-0.4, -0.2) is 35.9 Å². The van der Waals surface area contributed by atoms with E-state index >= 15 is 0 Å². The molecule has 1 fully saturated rings. The Kier molecular flexibility index (Phi) is 6.98. The molecule has 0 atom stereocenters. The van der Waals surface area contributed by atoms with Crippen molar-refractivity contribution in [2.45, 2.75) is 20.4 Å². The van der Waals surface area contributed by atoms with Gasteiger partial charge < -0.3 is 10.2 Å². The third-order valence-electron chi connectivity index (χ3n) is 2.86. The average Bonchev–Trinajstić information content (AvgIpc) is 2.43. The van der Waals surface area contributed by atoms with E-state index in [1.807, 2.05) is 20.9 Å². The second-order valence-electron chi connectivity index (χ2n) is 4.03. The second kappa shape index (κ2) is 8.27. The fraction of sp³-hybridized carbons (Fsp3) is 0.571. The molecule has 0 unspecified atom stereocenters. The summed E-state index contributed by atoms with van der Waals surface area (Å²) in [5, 5.41) is 3.13. The molecule has 102 valence electrons. The number of hydrogen-bond acceptors (Lipinski definition) is 3. The Hall–Kier alpha value is -0.870. The molecule has 1 heterocycles. The maximum Gasteiger partial charge on any atom is 0.0411 e. The Morgan fingerprint density at radius 3 is 2.22 bits per heavy atom. The summed E-state index contributed by atoms with van der Waals surface area (Å²) in [7, 11) is 1.36. The monoisotopic (exact) mass is 268 g/mol.